The van der Waals surface area contributed by atoms with Crippen molar-refractivity contribution in [1.82, 2.24) is 0 Å². The number of aliphatic hydroxyl groups excluding tert-OH is 1. The largest absolute Gasteiger partial charge is 0.508 e. The summed E-state index contributed by atoms with van der Waals surface area (Å²) < 4.78 is 5.51. The second-order valence-electron chi connectivity index (χ2n) is 9.71. The number of phenolic OH excluding ortho intramolecular Hbond substituents is 1. The van der Waals surface area contributed by atoms with Crippen molar-refractivity contribution in [3.8, 4) is 11.5 Å². The zero-order chi connectivity index (χ0) is 25.5. The van der Waals surface area contributed by atoms with Gasteiger partial charge in [-0.2, -0.15) is 0 Å². The molecule has 2 N–H and O–H groups in total. The van der Waals surface area contributed by atoms with E-state index >= 15 is 0 Å². The highest BCUT2D eigenvalue weighted by molar-refractivity contribution is 6.51. The molecule has 0 aliphatic carbocycles. The number of nitrogens with zero attached hydrogens (tertiary/aromatic N) is 1. The molecule has 1 atom stereocenters. The summed E-state index contributed by atoms with van der Waals surface area (Å²) in [5, 5.41) is 21.3. The molecule has 1 aliphatic heterocycles. The van der Waals surface area contributed by atoms with E-state index in [-0.39, 0.29) is 22.5 Å². The molecule has 6 heteroatoms. The Kier molecular flexibility index (Phi) is 6.15. The minimum Gasteiger partial charge on any atom is -0.508 e. The van der Waals surface area contributed by atoms with Crippen molar-refractivity contribution < 1.29 is 24.5 Å². The zero-order valence-electron chi connectivity index (χ0n) is 20.5. The second-order valence-corrected chi connectivity index (χ2v) is 9.71. The van der Waals surface area contributed by atoms with Crippen LogP contribution in [-0.2, 0) is 15.0 Å². The van der Waals surface area contributed by atoms with Gasteiger partial charge in [0.05, 0.1) is 18.7 Å². The molecule has 3 aromatic carbocycles. The van der Waals surface area contributed by atoms with Gasteiger partial charge in [-0.3, -0.25) is 14.5 Å². The number of carbonyl (C=O) groups excluding carboxylic acids is 2. The van der Waals surface area contributed by atoms with Crippen molar-refractivity contribution in [3.05, 3.63) is 94.6 Å². The van der Waals surface area contributed by atoms with Gasteiger partial charge in [0.15, 0.2) is 0 Å². The number of amides is 1. The van der Waals surface area contributed by atoms with Crippen molar-refractivity contribution >= 4 is 23.1 Å². The van der Waals surface area contributed by atoms with Crippen LogP contribution in [0.5, 0.6) is 11.5 Å². The summed E-state index contributed by atoms with van der Waals surface area (Å²) in [6, 6.07) is 18.0. The first kappa shape index (κ1) is 24.1. The highest BCUT2D eigenvalue weighted by Crippen LogP contribution is 2.44. The molecule has 1 heterocycles. The Hall–Kier alpha value is -4.06. The highest BCUT2D eigenvalue weighted by atomic mass is 16.5. The third-order valence-electron chi connectivity index (χ3n) is 6.31. The number of aliphatic hydroxyl groups is 1. The average Bonchev–Trinajstić information content (AvgIpc) is 3.09. The van der Waals surface area contributed by atoms with Crippen LogP contribution in [0.3, 0.4) is 0 Å². The summed E-state index contributed by atoms with van der Waals surface area (Å²) in [6.45, 7) is 7.95. The SMILES string of the molecule is COc1ccc(/C(O)=C2/C(=O)C(=O)N(c3ccccc3C)C2c2ccc(O)cc2)cc1C(C)(C)C. The number of aryl methyl sites for hydroxylation is 1. The summed E-state index contributed by atoms with van der Waals surface area (Å²) >= 11 is 0. The smallest absolute Gasteiger partial charge is 0.300 e. The fourth-order valence-corrected chi connectivity index (χ4v) is 4.48. The van der Waals surface area contributed by atoms with E-state index in [1.54, 1.807) is 49.6 Å². The van der Waals surface area contributed by atoms with Gasteiger partial charge in [0, 0.05) is 16.8 Å². The van der Waals surface area contributed by atoms with Crippen LogP contribution in [0, 0.1) is 6.92 Å². The van der Waals surface area contributed by atoms with E-state index in [9.17, 15) is 19.8 Å². The number of para-hydroxylation sites is 1. The Morgan fingerprint density at radius 2 is 1.63 bits per heavy atom. The number of rotatable bonds is 4. The molecule has 3 aromatic rings. The molecule has 1 unspecified atom stereocenters. The minimum absolute atomic E-state index is 0.00558. The molecular weight excluding hydrogens is 442 g/mol. The number of hydrogen-bond donors (Lipinski definition) is 2. The Bertz CT molecular complexity index is 1330. The minimum atomic E-state index is -0.864. The molecule has 1 fully saturated rings. The maximum absolute atomic E-state index is 13.4. The van der Waals surface area contributed by atoms with E-state index in [1.807, 2.05) is 39.8 Å². The molecule has 0 spiro atoms. The molecule has 1 amide bonds. The molecule has 4 rings (SSSR count). The number of benzene rings is 3. The van der Waals surface area contributed by atoms with Crippen molar-refractivity contribution in [2.75, 3.05) is 12.0 Å². The first-order valence-corrected chi connectivity index (χ1v) is 11.4. The van der Waals surface area contributed by atoms with E-state index in [2.05, 4.69) is 0 Å². The molecular formula is C29H29NO5. The van der Waals surface area contributed by atoms with Gasteiger partial charge >= 0.3 is 0 Å². The van der Waals surface area contributed by atoms with Crippen LogP contribution in [0.15, 0.2) is 72.3 Å². The Balaban J connectivity index is 1.97. The molecule has 1 aliphatic rings. The van der Waals surface area contributed by atoms with Crippen LogP contribution in [0.2, 0.25) is 0 Å². The van der Waals surface area contributed by atoms with Crippen molar-refractivity contribution in [3.63, 3.8) is 0 Å². The Labute approximate surface area is 205 Å². The van der Waals surface area contributed by atoms with E-state index in [1.165, 1.54) is 17.0 Å². The predicted octanol–water partition coefficient (Wildman–Crippen LogP) is 5.63. The topological polar surface area (TPSA) is 87.1 Å². The number of aromatic hydroxyl groups is 1. The molecule has 6 nitrogen and oxygen atoms in total. The number of phenols is 1. The average molecular weight is 472 g/mol. The zero-order valence-corrected chi connectivity index (χ0v) is 20.5. The van der Waals surface area contributed by atoms with Gasteiger partial charge in [-0.1, -0.05) is 51.1 Å². The van der Waals surface area contributed by atoms with Crippen LogP contribution in [0.25, 0.3) is 5.76 Å². The van der Waals surface area contributed by atoms with Crippen LogP contribution in [0.1, 0.15) is 49.1 Å². The van der Waals surface area contributed by atoms with Gasteiger partial charge in [0.25, 0.3) is 11.7 Å². The third-order valence-corrected chi connectivity index (χ3v) is 6.31. The Morgan fingerprint density at radius 3 is 2.23 bits per heavy atom. The lowest BCUT2D eigenvalue weighted by molar-refractivity contribution is -0.132. The van der Waals surface area contributed by atoms with E-state index in [0.717, 1.165) is 11.1 Å². The van der Waals surface area contributed by atoms with E-state index in [0.29, 0.717) is 22.6 Å². The number of anilines is 1. The number of carbonyl (C=O) groups is 2. The number of methoxy groups -OCH3 is 1. The molecule has 1 saturated heterocycles. The normalized spacial score (nSPS) is 17.6. The molecule has 0 radical (unpaired) electrons. The fourth-order valence-electron chi connectivity index (χ4n) is 4.48. The first-order valence-electron chi connectivity index (χ1n) is 11.4. The maximum Gasteiger partial charge on any atom is 0.300 e. The van der Waals surface area contributed by atoms with Gasteiger partial charge in [0.2, 0.25) is 0 Å². The maximum atomic E-state index is 13.4. The van der Waals surface area contributed by atoms with Gasteiger partial charge in [-0.05, 0) is 59.9 Å². The number of ketones is 1. The third kappa shape index (κ3) is 4.28. The molecule has 0 aromatic heterocycles. The number of hydrogen-bond acceptors (Lipinski definition) is 5. The van der Waals surface area contributed by atoms with Gasteiger partial charge in [0.1, 0.15) is 17.3 Å². The molecule has 180 valence electrons. The highest BCUT2D eigenvalue weighted by Gasteiger charge is 2.47. The lowest BCUT2D eigenvalue weighted by Gasteiger charge is -2.27. The monoisotopic (exact) mass is 471 g/mol. The fraction of sp³-hybridized carbons (Fsp3) is 0.241. The van der Waals surface area contributed by atoms with Crippen molar-refractivity contribution in [2.24, 2.45) is 0 Å². The predicted molar refractivity (Wildman–Crippen MR) is 136 cm³/mol. The van der Waals surface area contributed by atoms with Crippen molar-refractivity contribution in [2.45, 2.75) is 39.2 Å². The van der Waals surface area contributed by atoms with Gasteiger partial charge in [-0.25, -0.2) is 0 Å². The Morgan fingerprint density at radius 1 is 0.971 bits per heavy atom. The molecule has 0 saturated carbocycles. The van der Waals surface area contributed by atoms with E-state index in [4.69, 9.17) is 4.74 Å². The lowest BCUT2D eigenvalue weighted by Crippen LogP contribution is -2.30. The summed E-state index contributed by atoms with van der Waals surface area (Å²) in [7, 11) is 1.59. The van der Waals surface area contributed by atoms with Crippen LogP contribution in [-0.4, -0.2) is 29.0 Å². The summed E-state index contributed by atoms with van der Waals surface area (Å²) in [4.78, 5) is 28.2. The standard InChI is InChI=1S/C29H29NO5/c1-17-8-6-7-9-22(17)30-25(18-10-13-20(31)14-11-18)24(27(33)28(30)34)26(32)19-12-15-23(35-5)21(16-19)29(2,3)4/h6-16,25,31-32H,1-5H3/b26-24-. The molecule has 35 heavy (non-hydrogen) atoms. The van der Waals surface area contributed by atoms with Crippen molar-refractivity contribution in [1.29, 1.82) is 0 Å². The van der Waals surface area contributed by atoms with Crippen LogP contribution in [0.4, 0.5) is 5.69 Å². The summed E-state index contributed by atoms with van der Waals surface area (Å²) in [5.41, 5.74) is 2.98. The quantitative estimate of drug-likeness (QED) is 0.292. The first-order chi connectivity index (χ1) is 16.5. The second kappa shape index (κ2) is 8.95. The van der Waals surface area contributed by atoms with Crippen LogP contribution >= 0.6 is 0 Å². The van der Waals surface area contributed by atoms with Gasteiger partial charge in [-0.15, -0.1) is 0 Å². The number of ether oxygens (including phenoxy) is 1. The summed E-state index contributed by atoms with van der Waals surface area (Å²) in [6.07, 6.45) is 0. The lowest BCUT2D eigenvalue weighted by atomic mass is 9.84. The number of Topliss-reactive ketones (excluding diaryl/α,β-unsaturated/α-hetero) is 1. The summed E-state index contributed by atoms with van der Waals surface area (Å²) in [5.74, 6) is -1.01. The van der Waals surface area contributed by atoms with E-state index < -0.39 is 17.7 Å². The van der Waals surface area contributed by atoms with Gasteiger partial charge < -0.3 is 14.9 Å². The van der Waals surface area contributed by atoms with Crippen LogP contribution < -0.4 is 9.64 Å². The molecule has 0 bridgehead atoms.